The Labute approximate surface area is 154 Å². The molecule has 2 aromatic carbocycles. The van der Waals surface area contributed by atoms with Gasteiger partial charge in [0.15, 0.2) is 18.1 Å². The largest absolute Gasteiger partial charge is 0.493 e. The first kappa shape index (κ1) is 18.1. The molecule has 0 radical (unpaired) electrons. The smallest absolute Gasteiger partial charge is 0.260 e. The van der Waals surface area contributed by atoms with E-state index in [9.17, 15) is 4.79 Å². The number of ether oxygens (including phenoxy) is 3. The number of amides is 1. The number of nitrogens with zero attached hydrogens (tertiary/aromatic N) is 1. The van der Waals surface area contributed by atoms with E-state index < -0.39 is 0 Å². The summed E-state index contributed by atoms with van der Waals surface area (Å²) in [5, 5.41) is 0. The van der Waals surface area contributed by atoms with Crippen molar-refractivity contribution >= 4 is 5.91 Å². The molecule has 1 heterocycles. The van der Waals surface area contributed by atoms with E-state index in [-0.39, 0.29) is 12.5 Å². The molecule has 1 unspecified atom stereocenters. The van der Waals surface area contributed by atoms with Crippen molar-refractivity contribution in [1.29, 1.82) is 0 Å². The Balaban J connectivity index is 1.48. The predicted molar refractivity (Wildman–Crippen MR) is 99.7 cm³/mol. The Morgan fingerprint density at radius 1 is 1.04 bits per heavy atom. The van der Waals surface area contributed by atoms with Gasteiger partial charge in [-0.15, -0.1) is 0 Å². The van der Waals surface area contributed by atoms with E-state index in [1.807, 2.05) is 53.4 Å². The van der Waals surface area contributed by atoms with Gasteiger partial charge in [0.2, 0.25) is 0 Å². The summed E-state index contributed by atoms with van der Waals surface area (Å²) in [6.07, 6.45) is 2.06. The minimum Gasteiger partial charge on any atom is -0.493 e. The van der Waals surface area contributed by atoms with Crippen molar-refractivity contribution in [2.45, 2.75) is 12.8 Å². The Morgan fingerprint density at radius 3 is 2.54 bits per heavy atom. The number of methoxy groups -OCH3 is 1. The summed E-state index contributed by atoms with van der Waals surface area (Å²) in [4.78, 5) is 14.4. The fraction of sp³-hybridized carbons (Fsp3) is 0.381. The lowest BCUT2D eigenvalue weighted by molar-refractivity contribution is -0.135. The lowest BCUT2D eigenvalue weighted by Gasteiger charge is -2.32. The molecule has 26 heavy (non-hydrogen) atoms. The summed E-state index contributed by atoms with van der Waals surface area (Å²) in [5.41, 5.74) is 0. The molecule has 1 aliphatic heterocycles. The van der Waals surface area contributed by atoms with Crippen molar-refractivity contribution in [3.8, 4) is 17.2 Å². The second-order valence-corrected chi connectivity index (χ2v) is 6.41. The molecule has 0 saturated carbocycles. The van der Waals surface area contributed by atoms with Gasteiger partial charge < -0.3 is 19.1 Å². The van der Waals surface area contributed by atoms with Crippen molar-refractivity contribution in [2.24, 2.45) is 5.92 Å². The lowest BCUT2D eigenvalue weighted by Crippen LogP contribution is -2.43. The minimum absolute atomic E-state index is 0.000294. The maximum absolute atomic E-state index is 12.5. The summed E-state index contributed by atoms with van der Waals surface area (Å²) in [6.45, 7) is 2.13. The van der Waals surface area contributed by atoms with Crippen LogP contribution in [0.4, 0.5) is 0 Å². The lowest BCUT2D eigenvalue weighted by atomic mass is 9.99. The van der Waals surface area contributed by atoms with Crippen molar-refractivity contribution < 1.29 is 19.0 Å². The molecule has 2 aromatic rings. The SMILES string of the molecule is COc1ccccc1OCC(=O)N1CCCC(COc2ccccc2)C1. The molecule has 0 bridgehead atoms. The standard InChI is InChI=1S/C21H25NO4/c1-24-19-11-5-6-12-20(19)26-16-21(23)22-13-7-8-17(14-22)15-25-18-9-3-2-4-10-18/h2-6,9-12,17H,7-8,13-16H2,1H3. The molecule has 1 atom stereocenters. The van der Waals surface area contributed by atoms with E-state index in [1.54, 1.807) is 13.2 Å². The van der Waals surface area contributed by atoms with Gasteiger partial charge in [-0.2, -0.15) is 0 Å². The molecule has 5 heteroatoms. The number of rotatable bonds is 7. The van der Waals surface area contributed by atoms with E-state index in [0.717, 1.165) is 25.1 Å². The van der Waals surface area contributed by atoms with E-state index in [2.05, 4.69) is 0 Å². The third-order valence-corrected chi connectivity index (χ3v) is 4.52. The quantitative estimate of drug-likeness (QED) is 0.764. The second-order valence-electron chi connectivity index (χ2n) is 6.41. The Morgan fingerprint density at radius 2 is 1.77 bits per heavy atom. The van der Waals surface area contributed by atoms with Gasteiger partial charge in [-0.25, -0.2) is 0 Å². The van der Waals surface area contributed by atoms with Crippen molar-refractivity contribution in [2.75, 3.05) is 33.4 Å². The van der Waals surface area contributed by atoms with Crippen LogP contribution in [0.1, 0.15) is 12.8 Å². The maximum Gasteiger partial charge on any atom is 0.260 e. The molecule has 1 amide bonds. The Kier molecular flexibility index (Phi) is 6.36. The molecule has 138 valence electrons. The predicted octanol–water partition coefficient (Wildman–Crippen LogP) is 3.39. The normalized spacial score (nSPS) is 16.8. The number of benzene rings is 2. The highest BCUT2D eigenvalue weighted by molar-refractivity contribution is 5.78. The summed E-state index contributed by atoms with van der Waals surface area (Å²) >= 11 is 0. The van der Waals surface area contributed by atoms with Crippen LogP contribution in [0, 0.1) is 5.92 Å². The van der Waals surface area contributed by atoms with Gasteiger partial charge >= 0.3 is 0 Å². The van der Waals surface area contributed by atoms with Crippen molar-refractivity contribution in [3.63, 3.8) is 0 Å². The molecule has 1 fully saturated rings. The van der Waals surface area contributed by atoms with Crippen molar-refractivity contribution in [3.05, 3.63) is 54.6 Å². The molecule has 0 aliphatic carbocycles. The van der Waals surface area contributed by atoms with Crippen molar-refractivity contribution in [1.82, 2.24) is 4.90 Å². The molecule has 5 nitrogen and oxygen atoms in total. The van der Waals surface area contributed by atoms with Gasteiger partial charge in [0.05, 0.1) is 13.7 Å². The average Bonchev–Trinajstić information content (AvgIpc) is 2.71. The fourth-order valence-electron chi connectivity index (χ4n) is 3.13. The number of hydrogen-bond donors (Lipinski definition) is 0. The van der Waals surface area contributed by atoms with Gasteiger partial charge in [0.1, 0.15) is 5.75 Å². The van der Waals surface area contributed by atoms with Gasteiger partial charge in [-0.1, -0.05) is 30.3 Å². The van der Waals surface area contributed by atoms with Gasteiger partial charge in [0.25, 0.3) is 5.91 Å². The molecular weight excluding hydrogens is 330 g/mol. The first-order valence-corrected chi connectivity index (χ1v) is 8.97. The maximum atomic E-state index is 12.5. The monoisotopic (exact) mass is 355 g/mol. The highest BCUT2D eigenvalue weighted by atomic mass is 16.5. The number of likely N-dealkylation sites (tertiary alicyclic amines) is 1. The third-order valence-electron chi connectivity index (χ3n) is 4.52. The number of carbonyl (C=O) groups is 1. The van der Waals surface area contributed by atoms with Crippen LogP contribution in [0.2, 0.25) is 0 Å². The van der Waals surface area contributed by atoms with Crippen LogP contribution >= 0.6 is 0 Å². The molecule has 0 N–H and O–H groups in total. The van der Waals surface area contributed by atoms with E-state index in [4.69, 9.17) is 14.2 Å². The molecular formula is C21H25NO4. The summed E-state index contributed by atoms with van der Waals surface area (Å²) in [5.74, 6) is 2.44. The molecule has 1 saturated heterocycles. The first-order valence-electron chi connectivity index (χ1n) is 8.97. The Bertz CT molecular complexity index is 704. The molecule has 1 aliphatic rings. The molecule has 3 rings (SSSR count). The summed E-state index contributed by atoms with van der Waals surface area (Å²) < 4.78 is 16.8. The van der Waals surface area contributed by atoms with Crippen LogP contribution in [-0.2, 0) is 4.79 Å². The van der Waals surface area contributed by atoms with Gasteiger partial charge in [-0.3, -0.25) is 4.79 Å². The topological polar surface area (TPSA) is 48.0 Å². The first-order chi connectivity index (χ1) is 12.8. The zero-order valence-corrected chi connectivity index (χ0v) is 15.1. The van der Waals surface area contributed by atoms with Crippen LogP contribution in [-0.4, -0.2) is 44.2 Å². The van der Waals surface area contributed by atoms with Crippen LogP contribution in [0.3, 0.4) is 0 Å². The Hall–Kier alpha value is -2.69. The van der Waals surface area contributed by atoms with Gasteiger partial charge in [0, 0.05) is 19.0 Å². The average molecular weight is 355 g/mol. The summed E-state index contributed by atoms with van der Waals surface area (Å²) in [6, 6.07) is 17.1. The number of para-hydroxylation sites is 3. The zero-order valence-electron chi connectivity index (χ0n) is 15.1. The highest BCUT2D eigenvalue weighted by Gasteiger charge is 2.24. The molecule has 0 spiro atoms. The van der Waals surface area contributed by atoms with Crippen LogP contribution in [0.5, 0.6) is 17.2 Å². The third kappa shape index (κ3) is 4.91. The number of piperidine rings is 1. The second kappa shape index (κ2) is 9.13. The van der Waals surface area contributed by atoms with E-state index in [1.165, 1.54) is 0 Å². The highest BCUT2D eigenvalue weighted by Crippen LogP contribution is 2.26. The number of carbonyl (C=O) groups excluding carboxylic acids is 1. The zero-order chi connectivity index (χ0) is 18.2. The number of hydrogen-bond acceptors (Lipinski definition) is 4. The van der Waals surface area contributed by atoms with Crippen LogP contribution < -0.4 is 14.2 Å². The summed E-state index contributed by atoms with van der Waals surface area (Å²) in [7, 11) is 1.59. The van der Waals surface area contributed by atoms with E-state index >= 15 is 0 Å². The van der Waals surface area contributed by atoms with Gasteiger partial charge in [-0.05, 0) is 37.1 Å². The van der Waals surface area contributed by atoms with Crippen LogP contribution in [0.25, 0.3) is 0 Å². The van der Waals surface area contributed by atoms with Crippen LogP contribution in [0.15, 0.2) is 54.6 Å². The van der Waals surface area contributed by atoms with E-state index in [0.29, 0.717) is 30.6 Å². The minimum atomic E-state index is 0.000294. The fourth-order valence-corrected chi connectivity index (χ4v) is 3.13. The molecule has 0 aromatic heterocycles.